The molecule has 0 aliphatic carbocycles. The summed E-state index contributed by atoms with van der Waals surface area (Å²) in [4.78, 5) is 27.8. The SMILES string of the molecule is Cc1ccc2c(c1)=CC(C=O)(C(=O)OC(C)(C)C)N=2. The summed E-state index contributed by atoms with van der Waals surface area (Å²) in [5, 5.41) is 1.43. The molecule has 100 valence electrons. The number of aldehydes is 1. The summed E-state index contributed by atoms with van der Waals surface area (Å²) in [7, 11) is 0. The van der Waals surface area contributed by atoms with Crippen LogP contribution in [0.4, 0.5) is 0 Å². The van der Waals surface area contributed by atoms with Gasteiger partial charge in [0.2, 0.25) is 5.54 Å². The van der Waals surface area contributed by atoms with Crippen molar-refractivity contribution in [2.75, 3.05) is 0 Å². The molecule has 1 unspecified atom stereocenters. The van der Waals surface area contributed by atoms with Crippen LogP contribution in [0.2, 0.25) is 0 Å². The van der Waals surface area contributed by atoms with Crippen LogP contribution < -0.4 is 10.6 Å². The highest BCUT2D eigenvalue weighted by Crippen LogP contribution is 2.19. The molecular formula is C15H17NO3. The molecule has 0 saturated heterocycles. The largest absolute Gasteiger partial charge is 0.458 e. The molecule has 2 rings (SSSR count). The minimum atomic E-state index is -1.54. The lowest BCUT2D eigenvalue weighted by Crippen LogP contribution is -2.41. The molecule has 0 fully saturated rings. The van der Waals surface area contributed by atoms with Gasteiger partial charge in [-0.3, -0.25) is 9.79 Å². The number of nitrogens with zero attached hydrogens (tertiary/aromatic N) is 1. The van der Waals surface area contributed by atoms with E-state index in [2.05, 4.69) is 4.99 Å². The van der Waals surface area contributed by atoms with Crippen LogP contribution in [0.5, 0.6) is 0 Å². The third kappa shape index (κ3) is 2.57. The summed E-state index contributed by atoms with van der Waals surface area (Å²) >= 11 is 0. The molecule has 0 radical (unpaired) electrons. The fourth-order valence-electron chi connectivity index (χ4n) is 1.93. The highest BCUT2D eigenvalue weighted by Gasteiger charge is 2.41. The number of hydrogen-bond donors (Lipinski definition) is 0. The fraction of sp³-hybridized carbons (Fsp3) is 0.400. The molecule has 4 heteroatoms. The van der Waals surface area contributed by atoms with Gasteiger partial charge in [0.05, 0.1) is 5.36 Å². The van der Waals surface area contributed by atoms with E-state index in [9.17, 15) is 9.59 Å². The first-order chi connectivity index (χ1) is 8.76. The van der Waals surface area contributed by atoms with Crippen LogP contribution in [-0.2, 0) is 14.3 Å². The molecule has 0 spiro atoms. The quantitative estimate of drug-likeness (QED) is 0.446. The van der Waals surface area contributed by atoms with Gasteiger partial charge in [-0.15, -0.1) is 0 Å². The Kier molecular flexibility index (Phi) is 3.04. The molecular weight excluding hydrogens is 242 g/mol. The van der Waals surface area contributed by atoms with Gasteiger partial charge < -0.3 is 4.74 Å². The lowest BCUT2D eigenvalue weighted by molar-refractivity contribution is -0.159. The van der Waals surface area contributed by atoms with Gasteiger partial charge in [-0.2, -0.15) is 0 Å². The zero-order valence-corrected chi connectivity index (χ0v) is 11.6. The molecule has 1 aromatic rings. The maximum atomic E-state index is 12.2. The molecule has 0 saturated carbocycles. The van der Waals surface area contributed by atoms with Gasteiger partial charge in [0, 0.05) is 0 Å². The van der Waals surface area contributed by atoms with Crippen LogP contribution >= 0.6 is 0 Å². The van der Waals surface area contributed by atoms with Gasteiger partial charge in [-0.25, -0.2) is 4.79 Å². The molecule has 1 aromatic carbocycles. The Morgan fingerprint density at radius 2 is 2.05 bits per heavy atom. The molecule has 0 amide bonds. The third-order valence-corrected chi connectivity index (χ3v) is 2.77. The second-order valence-corrected chi connectivity index (χ2v) is 5.76. The number of rotatable bonds is 2. The van der Waals surface area contributed by atoms with E-state index in [-0.39, 0.29) is 0 Å². The van der Waals surface area contributed by atoms with Crippen molar-refractivity contribution >= 4 is 18.3 Å². The van der Waals surface area contributed by atoms with Crippen LogP contribution in [-0.4, -0.2) is 23.4 Å². The summed E-state index contributed by atoms with van der Waals surface area (Å²) < 4.78 is 5.28. The van der Waals surface area contributed by atoms with Crippen molar-refractivity contribution in [2.24, 2.45) is 4.99 Å². The fourth-order valence-corrected chi connectivity index (χ4v) is 1.93. The molecule has 1 atom stereocenters. The number of carbonyl (C=O) groups excluding carboxylic acids is 2. The molecule has 1 aliphatic heterocycles. The Balaban J connectivity index is 2.48. The van der Waals surface area contributed by atoms with Crippen LogP contribution in [0.25, 0.3) is 6.08 Å². The van der Waals surface area contributed by atoms with Gasteiger partial charge in [0.15, 0.2) is 6.29 Å². The maximum absolute atomic E-state index is 12.2. The highest BCUT2D eigenvalue weighted by molar-refractivity contribution is 6.06. The zero-order valence-electron chi connectivity index (χ0n) is 11.6. The van der Waals surface area contributed by atoms with Crippen molar-refractivity contribution in [3.63, 3.8) is 0 Å². The number of fused-ring (bicyclic) bond motifs is 1. The minimum Gasteiger partial charge on any atom is -0.458 e. The Hall–Kier alpha value is -1.97. The zero-order chi connectivity index (χ0) is 14.3. The van der Waals surface area contributed by atoms with Crippen molar-refractivity contribution in [2.45, 2.75) is 38.8 Å². The predicted octanol–water partition coefficient (Wildman–Crippen LogP) is 0.688. The molecule has 0 aromatic heterocycles. The third-order valence-electron chi connectivity index (χ3n) is 2.77. The van der Waals surface area contributed by atoms with Crippen LogP contribution in [0, 0.1) is 6.92 Å². The number of benzene rings is 1. The first kappa shape index (κ1) is 13.5. The van der Waals surface area contributed by atoms with E-state index in [1.54, 1.807) is 32.9 Å². The van der Waals surface area contributed by atoms with Gasteiger partial charge >= 0.3 is 5.97 Å². The van der Waals surface area contributed by atoms with Crippen molar-refractivity contribution in [3.8, 4) is 0 Å². The summed E-state index contributed by atoms with van der Waals surface area (Å²) in [6.07, 6.45) is 2.10. The minimum absolute atomic E-state index is 0.538. The lowest BCUT2D eigenvalue weighted by atomic mass is 10.0. The van der Waals surface area contributed by atoms with Gasteiger partial charge in [0.1, 0.15) is 5.60 Å². The first-order valence-corrected chi connectivity index (χ1v) is 6.15. The molecule has 0 N–H and O–H groups in total. The van der Waals surface area contributed by atoms with E-state index in [1.165, 1.54) is 0 Å². The number of aryl methyl sites for hydroxylation is 1. The first-order valence-electron chi connectivity index (χ1n) is 6.15. The Bertz CT molecular complexity index is 655. The average molecular weight is 259 g/mol. The van der Waals surface area contributed by atoms with Crippen molar-refractivity contribution in [1.82, 2.24) is 0 Å². The van der Waals surface area contributed by atoms with Crippen LogP contribution in [0.3, 0.4) is 0 Å². The monoisotopic (exact) mass is 259 g/mol. The van der Waals surface area contributed by atoms with Gasteiger partial charge in [-0.05, 0) is 45.1 Å². The Labute approximate surface area is 111 Å². The van der Waals surface area contributed by atoms with E-state index in [0.717, 1.165) is 10.8 Å². The summed E-state index contributed by atoms with van der Waals surface area (Å²) in [5.74, 6) is -0.635. The van der Waals surface area contributed by atoms with Crippen molar-refractivity contribution in [3.05, 3.63) is 34.3 Å². The normalized spacial score (nSPS) is 21.1. The molecule has 4 nitrogen and oxygen atoms in total. The summed E-state index contributed by atoms with van der Waals surface area (Å²) in [6, 6.07) is 5.59. The Morgan fingerprint density at radius 3 is 2.63 bits per heavy atom. The Morgan fingerprint density at radius 1 is 1.37 bits per heavy atom. The van der Waals surface area contributed by atoms with Crippen molar-refractivity contribution in [1.29, 1.82) is 0 Å². The predicted molar refractivity (Wildman–Crippen MR) is 71.1 cm³/mol. The lowest BCUT2D eigenvalue weighted by Gasteiger charge is -2.24. The highest BCUT2D eigenvalue weighted by atomic mass is 16.6. The van der Waals surface area contributed by atoms with E-state index in [0.29, 0.717) is 11.6 Å². The molecule has 19 heavy (non-hydrogen) atoms. The second-order valence-electron chi connectivity index (χ2n) is 5.76. The molecule has 1 heterocycles. The average Bonchev–Trinajstić information content (AvgIpc) is 2.66. The molecule has 0 bridgehead atoms. The summed E-state index contributed by atoms with van der Waals surface area (Å²) in [5.41, 5.74) is -1.14. The van der Waals surface area contributed by atoms with E-state index in [1.807, 2.05) is 19.1 Å². The van der Waals surface area contributed by atoms with Crippen LogP contribution in [0.15, 0.2) is 23.2 Å². The van der Waals surface area contributed by atoms with E-state index < -0.39 is 17.1 Å². The molecule has 1 aliphatic rings. The van der Waals surface area contributed by atoms with Crippen LogP contribution in [0.1, 0.15) is 26.3 Å². The second kappa shape index (κ2) is 4.30. The standard InChI is InChI=1S/C15H17NO3/c1-10-5-6-12-11(7-10)8-15(9-17,16-12)13(18)19-14(2,3)4/h5-9H,1-4H3. The van der Waals surface area contributed by atoms with Gasteiger partial charge in [0.25, 0.3) is 0 Å². The topological polar surface area (TPSA) is 55.7 Å². The number of esters is 1. The van der Waals surface area contributed by atoms with Crippen molar-refractivity contribution < 1.29 is 14.3 Å². The van der Waals surface area contributed by atoms with Gasteiger partial charge in [-0.1, -0.05) is 17.7 Å². The number of hydrogen-bond acceptors (Lipinski definition) is 4. The number of carbonyl (C=O) groups is 2. The number of ether oxygens (including phenoxy) is 1. The van der Waals surface area contributed by atoms with E-state index >= 15 is 0 Å². The summed E-state index contributed by atoms with van der Waals surface area (Å²) in [6.45, 7) is 7.23. The maximum Gasteiger partial charge on any atom is 0.346 e. The smallest absolute Gasteiger partial charge is 0.346 e. The van der Waals surface area contributed by atoms with E-state index in [4.69, 9.17) is 4.74 Å².